The van der Waals surface area contributed by atoms with Crippen LogP contribution in [0.15, 0.2) is 12.1 Å². The maximum Gasteiger partial charge on any atom is 0.166 e. The standard InChI is InChI=1S/C12H14O4/c1-14-11-6-8-9(13)4-3-5-16-10(8)7-12(11)15-2/h6-7H,3-5H2,1-2H3. The number of hydrogen-bond acceptors (Lipinski definition) is 4. The van der Waals surface area contributed by atoms with E-state index in [9.17, 15) is 4.79 Å². The normalized spacial score (nSPS) is 14.8. The van der Waals surface area contributed by atoms with E-state index in [4.69, 9.17) is 14.2 Å². The summed E-state index contributed by atoms with van der Waals surface area (Å²) in [4.78, 5) is 11.8. The second kappa shape index (κ2) is 4.43. The van der Waals surface area contributed by atoms with Gasteiger partial charge in [-0.1, -0.05) is 0 Å². The minimum atomic E-state index is 0.0912. The average Bonchev–Trinajstić information content (AvgIpc) is 2.49. The second-order valence-electron chi connectivity index (χ2n) is 3.58. The average molecular weight is 222 g/mol. The van der Waals surface area contributed by atoms with Crippen LogP contribution in [0.4, 0.5) is 0 Å². The Balaban J connectivity index is 2.51. The number of methoxy groups -OCH3 is 2. The first-order valence-electron chi connectivity index (χ1n) is 5.18. The first kappa shape index (κ1) is 10.8. The van der Waals surface area contributed by atoms with Crippen LogP contribution >= 0.6 is 0 Å². The molecule has 0 radical (unpaired) electrons. The zero-order chi connectivity index (χ0) is 11.5. The van der Waals surface area contributed by atoms with E-state index in [1.54, 1.807) is 26.4 Å². The summed E-state index contributed by atoms with van der Waals surface area (Å²) in [6.45, 7) is 0.564. The predicted octanol–water partition coefficient (Wildman–Crippen LogP) is 2.06. The first-order chi connectivity index (χ1) is 7.76. The zero-order valence-electron chi connectivity index (χ0n) is 9.41. The summed E-state index contributed by atoms with van der Waals surface area (Å²) < 4.78 is 15.8. The van der Waals surface area contributed by atoms with Crippen LogP contribution in [0.2, 0.25) is 0 Å². The van der Waals surface area contributed by atoms with Crippen molar-refractivity contribution in [2.45, 2.75) is 12.8 Å². The number of ether oxygens (including phenoxy) is 3. The van der Waals surface area contributed by atoms with Crippen LogP contribution in [0.3, 0.4) is 0 Å². The fraction of sp³-hybridized carbons (Fsp3) is 0.417. The summed E-state index contributed by atoms with van der Waals surface area (Å²) in [5, 5.41) is 0. The third-order valence-corrected chi connectivity index (χ3v) is 2.59. The van der Waals surface area contributed by atoms with Gasteiger partial charge in [-0.25, -0.2) is 0 Å². The number of hydrogen-bond donors (Lipinski definition) is 0. The van der Waals surface area contributed by atoms with E-state index in [1.165, 1.54) is 0 Å². The number of fused-ring (bicyclic) bond motifs is 1. The summed E-state index contributed by atoms with van der Waals surface area (Å²) in [6.07, 6.45) is 1.26. The zero-order valence-corrected chi connectivity index (χ0v) is 9.41. The fourth-order valence-electron chi connectivity index (χ4n) is 1.75. The van der Waals surface area contributed by atoms with E-state index in [0.29, 0.717) is 35.8 Å². The predicted molar refractivity (Wildman–Crippen MR) is 58.6 cm³/mol. The van der Waals surface area contributed by atoms with E-state index < -0.39 is 0 Å². The highest BCUT2D eigenvalue weighted by molar-refractivity contribution is 5.99. The van der Waals surface area contributed by atoms with Gasteiger partial charge in [-0.05, 0) is 12.5 Å². The van der Waals surface area contributed by atoms with Crippen molar-refractivity contribution in [3.05, 3.63) is 17.7 Å². The van der Waals surface area contributed by atoms with Crippen LogP contribution in [0.5, 0.6) is 17.2 Å². The third kappa shape index (κ3) is 1.83. The Labute approximate surface area is 94.1 Å². The highest BCUT2D eigenvalue weighted by Gasteiger charge is 2.20. The Morgan fingerprint density at radius 1 is 1.19 bits per heavy atom. The van der Waals surface area contributed by atoms with Crippen molar-refractivity contribution in [3.63, 3.8) is 0 Å². The van der Waals surface area contributed by atoms with Crippen LogP contribution in [0.1, 0.15) is 23.2 Å². The molecule has 0 amide bonds. The molecule has 0 unspecified atom stereocenters. The van der Waals surface area contributed by atoms with Gasteiger partial charge in [0.05, 0.1) is 26.4 Å². The van der Waals surface area contributed by atoms with E-state index in [1.807, 2.05) is 0 Å². The summed E-state index contributed by atoms with van der Waals surface area (Å²) in [6, 6.07) is 3.39. The van der Waals surface area contributed by atoms with Gasteiger partial charge in [0, 0.05) is 12.5 Å². The van der Waals surface area contributed by atoms with Crippen LogP contribution in [-0.4, -0.2) is 26.6 Å². The van der Waals surface area contributed by atoms with Gasteiger partial charge in [-0.15, -0.1) is 0 Å². The Morgan fingerprint density at radius 2 is 1.88 bits per heavy atom. The molecule has 1 aromatic carbocycles. The molecule has 0 atom stereocenters. The lowest BCUT2D eigenvalue weighted by Crippen LogP contribution is -2.00. The van der Waals surface area contributed by atoms with Crippen LogP contribution in [-0.2, 0) is 0 Å². The number of ketones is 1. The molecule has 0 aromatic heterocycles. The van der Waals surface area contributed by atoms with Gasteiger partial charge in [0.25, 0.3) is 0 Å². The van der Waals surface area contributed by atoms with Crippen molar-refractivity contribution in [1.82, 2.24) is 0 Å². The largest absolute Gasteiger partial charge is 0.493 e. The number of carbonyl (C=O) groups is 1. The third-order valence-electron chi connectivity index (χ3n) is 2.59. The maximum atomic E-state index is 11.8. The molecule has 0 saturated carbocycles. The van der Waals surface area contributed by atoms with Crippen molar-refractivity contribution in [2.75, 3.05) is 20.8 Å². The van der Waals surface area contributed by atoms with E-state index in [2.05, 4.69) is 0 Å². The Morgan fingerprint density at radius 3 is 2.56 bits per heavy atom. The van der Waals surface area contributed by atoms with Crippen LogP contribution in [0.25, 0.3) is 0 Å². The topological polar surface area (TPSA) is 44.8 Å². The minimum absolute atomic E-state index is 0.0912. The summed E-state index contributed by atoms with van der Waals surface area (Å²) in [5.74, 6) is 1.81. The highest BCUT2D eigenvalue weighted by Crippen LogP contribution is 2.36. The molecule has 0 spiro atoms. The molecule has 0 fully saturated rings. The summed E-state index contributed by atoms with van der Waals surface area (Å²) in [7, 11) is 3.11. The molecule has 0 saturated heterocycles. The van der Waals surface area contributed by atoms with Gasteiger partial charge in [0.2, 0.25) is 0 Å². The molecule has 4 heteroatoms. The number of Topliss-reactive ketones (excluding diaryl/α,β-unsaturated/α-hetero) is 1. The molecule has 1 aliphatic rings. The molecule has 16 heavy (non-hydrogen) atoms. The lowest BCUT2D eigenvalue weighted by Gasteiger charge is -2.12. The molecule has 1 aromatic rings. The molecule has 86 valence electrons. The number of carbonyl (C=O) groups excluding carboxylic acids is 1. The monoisotopic (exact) mass is 222 g/mol. The molecule has 0 aliphatic carbocycles. The molecule has 4 nitrogen and oxygen atoms in total. The van der Waals surface area contributed by atoms with Gasteiger partial charge in [-0.2, -0.15) is 0 Å². The Hall–Kier alpha value is -1.71. The smallest absolute Gasteiger partial charge is 0.166 e. The van der Waals surface area contributed by atoms with Gasteiger partial charge in [0.15, 0.2) is 17.3 Å². The van der Waals surface area contributed by atoms with Gasteiger partial charge in [-0.3, -0.25) is 4.79 Å². The molecular formula is C12H14O4. The van der Waals surface area contributed by atoms with Crippen molar-refractivity contribution in [3.8, 4) is 17.2 Å². The van der Waals surface area contributed by atoms with Crippen LogP contribution < -0.4 is 14.2 Å². The number of benzene rings is 1. The van der Waals surface area contributed by atoms with Crippen LogP contribution in [0, 0.1) is 0 Å². The van der Waals surface area contributed by atoms with E-state index in [-0.39, 0.29) is 5.78 Å². The van der Waals surface area contributed by atoms with Crippen molar-refractivity contribution >= 4 is 5.78 Å². The number of rotatable bonds is 2. The molecule has 0 N–H and O–H groups in total. The molecule has 2 rings (SSSR count). The van der Waals surface area contributed by atoms with Crippen molar-refractivity contribution < 1.29 is 19.0 Å². The Bertz CT molecular complexity index is 412. The van der Waals surface area contributed by atoms with Gasteiger partial charge < -0.3 is 14.2 Å². The van der Waals surface area contributed by atoms with Crippen molar-refractivity contribution in [2.24, 2.45) is 0 Å². The fourth-order valence-corrected chi connectivity index (χ4v) is 1.75. The highest BCUT2D eigenvalue weighted by atomic mass is 16.5. The van der Waals surface area contributed by atoms with Gasteiger partial charge >= 0.3 is 0 Å². The minimum Gasteiger partial charge on any atom is -0.493 e. The molecule has 0 bridgehead atoms. The quantitative estimate of drug-likeness (QED) is 0.768. The SMILES string of the molecule is COc1cc2c(cc1OC)C(=O)CCCO2. The second-order valence-corrected chi connectivity index (χ2v) is 3.58. The van der Waals surface area contributed by atoms with E-state index >= 15 is 0 Å². The first-order valence-corrected chi connectivity index (χ1v) is 5.18. The molecule has 1 heterocycles. The van der Waals surface area contributed by atoms with Gasteiger partial charge in [0.1, 0.15) is 5.75 Å². The lowest BCUT2D eigenvalue weighted by atomic mass is 10.1. The molecule has 1 aliphatic heterocycles. The Kier molecular flexibility index (Phi) is 2.99. The lowest BCUT2D eigenvalue weighted by molar-refractivity contribution is 0.0983. The maximum absolute atomic E-state index is 11.8. The van der Waals surface area contributed by atoms with E-state index in [0.717, 1.165) is 6.42 Å². The molecular weight excluding hydrogens is 208 g/mol. The summed E-state index contributed by atoms with van der Waals surface area (Å²) >= 11 is 0. The summed E-state index contributed by atoms with van der Waals surface area (Å²) in [5.41, 5.74) is 0.579. The van der Waals surface area contributed by atoms with Crippen molar-refractivity contribution in [1.29, 1.82) is 0 Å².